The van der Waals surface area contributed by atoms with Crippen LogP contribution < -0.4 is 4.74 Å². The van der Waals surface area contributed by atoms with Gasteiger partial charge < -0.3 is 9.84 Å². The van der Waals surface area contributed by atoms with Crippen LogP contribution in [0.3, 0.4) is 0 Å². The molecule has 0 radical (unpaired) electrons. The predicted molar refractivity (Wildman–Crippen MR) is 68.4 cm³/mol. The van der Waals surface area contributed by atoms with Gasteiger partial charge in [0, 0.05) is 5.56 Å². The molecule has 1 atom stereocenters. The van der Waals surface area contributed by atoms with Crippen molar-refractivity contribution < 1.29 is 18.6 Å². The van der Waals surface area contributed by atoms with E-state index in [4.69, 9.17) is 16.3 Å². The molecule has 0 aliphatic rings. The van der Waals surface area contributed by atoms with Crippen LogP contribution in [-0.4, -0.2) is 12.2 Å². The van der Waals surface area contributed by atoms with E-state index >= 15 is 0 Å². The number of aliphatic hydroxyl groups excluding tert-OH is 1. The molecule has 0 saturated heterocycles. The molecule has 0 saturated carbocycles. The molecule has 2 aromatic carbocycles. The summed E-state index contributed by atoms with van der Waals surface area (Å²) in [6, 6.07) is 8.23. The van der Waals surface area contributed by atoms with Crippen molar-refractivity contribution in [1.82, 2.24) is 0 Å². The molecule has 19 heavy (non-hydrogen) atoms. The first-order valence-electron chi connectivity index (χ1n) is 5.50. The van der Waals surface area contributed by atoms with Gasteiger partial charge in [0.05, 0.1) is 12.1 Å². The Kier molecular flexibility index (Phi) is 4.02. The highest BCUT2D eigenvalue weighted by Crippen LogP contribution is 2.30. The highest BCUT2D eigenvalue weighted by Gasteiger charge is 2.18. The van der Waals surface area contributed by atoms with E-state index in [-0.39, 0.29) is 21.9 Å². The lowest BCUT2D eigenvalue weighted by atomic mass is 10.0. The SMILES string of the molecule is COc1cccc(C(O)c2ccc(Cl)c(F)c2)c1F. The second-order valence-corrected chi connectivity index (χ2v) is 4.35. The summed E-state index contributed by atoms with van der Waals surface area (Å²) in [7, 11) is 1.33. The quantitative estimate of drug-likeness (QED) is 0.931. The van der Waals surface area contributed by atoms with Gasteiger partial charge in [-0.15, -0.1) is 0 Å². The average molecular weight is 285 g/mol. The predicted octanol–water partition coefficient (Wildman–Crippen LogP) is 3.71. The van der Waals surface area contributed by atoms with E-state index in [1.54, 1.807) is 6.07 Å². The standard InChI is InChI=1S/C14H11ClF2O2/c1-19-12-4-2-3-9(13(12)17)14(18)8-5-6-10(15)11(16)7-8/h2-7,14,18H,1H3. The number of hydrogen-bond donors (Lipinski definition) is 1. The topological polar surface area (TPSA) is 29.5 Å². The van der Waals surface area contributed by atoms with Crippen LogP contribution in [0.25, 0.3) is 0 Å². The molecule has 2 aromatic rings. The van der Waals surface area contributed by atoms with Crippen LogP contribution in [0.15, 0.2) is 36.4 Å². The number of ether oxygens (including phenoxy) is 1. The van der Waals surface area contributed by atoms with Gasteiger partial charge in [0.2, 0.25) is 0 Å². The van der Waals surface area contributed by atoms with Crippen molar-refractivity contribution >= 4 is 11.6 Å². The van der Waals surface area contributed by atoms with Gasteiger partial charge in [0.15, 0.2) is 11.6 Å². The number of halogens is 3. The van der Waals surface area contributed by atoms with Crippen LogP contribution in [0.1, 0.15) is 17.2 Å². The molecule has 0 heterocycles. The maximum Gasteiger partial charge on any atom is 0.171 e. The minimum Gasteiger partial charge on any atom is -0.494 e. The van der Waals surface area contributed by atoms with Crippen LogP contribution >= 0.6 is 11.6 Å². The second-order valence-electron chi connectivity index (χ2n) is 3.94. The Labute approximate surface area is 114 Å². The van der Waals surface area contributed by atoms with E-state index < -0.39 is 17.7 Å². The number of aliphatic hydroxyl groups is 1. The highest BCUT2D eigenvalue weighted by atomic mass is 35.5. The van der Waals surface area contributed by atoms with Gasteiger partial charge in [-0.2, -0.15) is 0 Å². The first-order valence-corrected chi connectivity index (χ1v) is 5.87. The van der Waals surface area contributed by atoms with Crippen LogP contribution in [0.4, 0.5) is 8.78 Å². The molecular formula is C14H11ClF2O2. The van der Waals surface area contributed by atoms with Gasteiger partial charge in [-0.1, -0.05) is 29.8 Å². The van der Waals surface area contributed by atoms with Gasteiger partial charge in [-0.25, -0.2) is 8.78 Å². The summed E-state index contributed by atoms with van der Waals surface area (Å²) in [5.41, 5.74) is 0.232. The van der Waals surface area contributed by atoms with Crippen LogP contribution in [-0.2, 0) is 0 Å². The zero-order valence-electron chi connectivity index (χ0n) is 10.0. The fraction of sp³-hybridized carbons (Fsp3) is 0.143. The van der Waals surface area contributed by atoms with Crippen molar-refractivity contribution in [3.05, 3.63) is 64.2 Å². The van der Waals surface area contributed by atoms with Gasteiger partial charge in [0.25, 0.3) is 0 Å². The molecule has 0 aromatic heterocycles. The Morgan fingerprint density at radius 1 is 1.21 bits per heavy atom. The van der Waals surface area contributed by atoms with Crippen LogP contribution in [0.2, 0.25) is 5.02 Å². The molecule has 2 rings (SSSR count). The maximum atomic E-state index is 14.0. The largest absolute Gasteiger partial charge is 0.494 e. The molecule has 2 nitrogen and oxygen atoms in total. The Morgan fingerprint density at radius 3 is 2.58 bits per heavy atom. The number of hydrogen-bond acceptors (Lipinski definition) is 2. The summed E-state index contributed by atoms with van der Waals surface area (Å²) in [6.07, 6.45) is -1.29. The summed E-state index contributed by atoms with van der Waals surface area (Å²) in [5.74, 6) is -1.32. The van der Waals surface area contributed by atoms with E-state index in [2.05, 4.69) is 0 Å². The average Bonchev–Trinajstić information content (AvgIpc) is 2.41. The summed E-state index contributed by atoms with van der Waals surface area (Å²) >= 11 is 5.56. The van der Waals surface area contributed by atoms with E-state index in [0.29, 0.717) is 0 Å². The summed E-state index contributed by atoms with van der Waals surface area (Å²) in [6.45, 7) is 0. The highest BCUT2D eigenvalue weighted by molar-refractivity contribution is 6.30. The fourth-order valence-corrected chi connectivity index (χ4v) is 1.88. The lowest BCUT2D eigenvalue weighted by Crippen LogP contribution is -2.04. The Morgan fingerprint density at radius 2 is 1.95 bits per heavy atom. The minimum absolute atomic E-state index is 0.0149. The van der Waals surface area contributed by atoms with Crippen molar-refractivity contribution in [3.8, 4) is 5.75 Å². The molecule has 1 N–H and O–H groups in total. The normalized spacial score (nSPS) is 12.3. The lowest BCUT2D eigenvalue weighted by molar-refractivity contribution is 0.213. The van der Waals surface area contributed by atoms with Crippen molar-refractivity contribution in [1.29, 1.82) is 0 Å². The number of benzene rings is 2. The maximum absolute atomic E-state index is 14.0. The third kappa shape index (κ3) is 2.69. The van der Waals surface area contributed by atoms with Crippen LogP contribution in [0, 0.1) is 11.6 Å². The zero-order valence-corrected chi connectivity index (χ0v) is 10.8. The Hall–Kier alpha value is -1.65. The van der Waals surface area contributed by atoms with Crippen molar-refractivity contribution in [2.75, 3.05) is 7.11 Å². The summed E-state index contributed by atoms with van der Waals surface area (Å²) in [5, 5.41) is 10.0. The van der Waals surface area contributed by atoms with Gasteiger partial charge in [-0.3, -0.25) is 0 Å². The lowest BCUT2D eigenvalue weighted by Gasteiger charge is -2.14. The van der Waals surface area contributed by atoms with E-state index in [1.807, 2.05) is 0 Å². The summed E-state index contributed by atoms with van der Waals surface area (Å²) < 4.78 is 32.2. The Bertz CT molecular complexity index is 602. The molecule has 0 bridgehead atoms. The van der Waals surface area contributed by atoms with Crippen molar-refractivity contribution in [3.63, 3.8) is 0 Å². The van der Waals surface area contributed by atoms with Crippen molar-refractivity contribution in [2.45, 2.75) is 6.10 Å². The molecule has 100 valence electrons. The van der Waals surface area contributed by atoms with E-state index in [9.17, 15) is 13.9 Å². The summed E-state index contributed by atoms with van der Waals surface area (Å²) in [4.78, 5) is 0. The van der Waals surface area contributed by atoms with Crippen LogP contribution in [0.5, 0.6) is 5.75 Å². The molecule has 5 heteroatoms. The van der Waals surface area contributed by atoms with E-state index in [0.717, 1.165) is 6.07 Å². The molecule has 0 fully saturated rings. The molecular weight excluding hydrogens is 274 g/mol. The number of rotatable bonds is 3. The molecule has 0 spiro atoms. The third-order valence-electron chi connectivity index (χ3n) is 2.77. The smallest absolute Gasteiger partial charge is 0.171 e. The molecule has 0 aliphatic carbocycles. The third-order valence-corrected chi connectivity index (χ3v) is 3.07. The minimum atomic E-state index is -1.29. The van der Waals surface area contributed by atoms with Gasteiger partial charge >= 0.3 is 0 Å². The zero-order chi connectivity index (χ0) is 14.0. The second kappa shape index (κ2) is 5.55. The monoisotopic (exact) mass is 284 g/mol. The number of methoxy groups -OCH3 is 1. The fourth-order valence-electron chi connectivity index (χ4n) is 1.76. The molecule has 0 amide bonds. The molecule has 1 unspecified atom stereocenters. The van der Waals surface area contributed by atoms with Gasteiger partial charge in [0.1, 0.15) is 11.9 Å². The molecule has 0 aliphatic heterocycles. The van der Waals surface area contributed by atoms with Gasteiger partial charge in [-0.05, 0) is 23.8 Å². The Balaban J connectivity index is 2.43. The van der Waals surface area contributed by atoms with E-state index in [1.165, 1.54) is 31.4 Å². The first kappa shape index (κ1) is 13.8. The van der Waals surface area contributed by atoms with Crippen molar-refractivity contribution in [2.24, 2.45) is 0 Å². The first-order chi connectivity index (χ1) is 9.04.